The lowest BCUT2D eigenvalue weighted by molar-refractivity contribution is -0.133. The van der Waals surface area contributed by atoms with Gasteiger partial charge in [0.05, 0.1) is 6.04 Å². The lowest BCUT2D eigenvalue weighted by Crippen LogP contribution is -2.43. The molecule has 0 saturated carbocycles. The van der Waals surface area contributed by atoms with Gasteiger partial charge in [0.2, 0.25) is 5.91 Å². The number of amides is 2. The van der Waals surface area contributed by atoms with Crippen molar-refractivity contribution in [2.24, 2.45) is 11.8 Å². The fraction of sp³-hybridized carbons (Fsp3) is 0.474. The molecule has 2 amide bonds. The first kappa shape index (κ1) is 17.3. The molecule has 2 rings (SSSR count). The van der Waals surface area contributed by atoms with Crippen LogP contribution in [-0.4, -0.2) is 29.5 Å². The first-order valence-electron chi connectivity index (χ1n) is 8.17. The molecule has 1 aromatic rings. The van der Waals surface area contributed by atoms with Crippen LogP contribution < -0.4 is 0 Å². The van der Waals surface area contributed by atoms with Gasteiger partial charge >= 0.3 is 6.09 Å². The van der Waals surface area contributed by atoms with Crippen molar-refractivity contribution in [3.63, 3.8) is 0 Å². The molecule has 1 fully saturated rings. The highest BCUT2D eigenvalue weighted by Crippen LogP contribution is 2.25. The molecule has 1 saturated heterocycles. The number of rotatable bonds is 7. The number of carbonyl (C=O) groups is 2. The molecule has 124 valence electrons. The molecule has 2 atom stereocenters. The number of ether oxygens (including phenoxy) is 1. The Bertz CT molecular complexity index is 553. The van der Waals surface area contributed by atoms with Crippen molar-refractivity contribution >= 4 is 12.0 Å². The molecule has 0 bridgehead atoms. The highest BCUT2D eigenvalue weighted by Gasteiger charge is 2.40. The van der Waals surface area contributed by atoms with Crippen LogP contribution in [0.4, 0.5) is 4.79 Å². The number of hydrogen-bond donors (Lipinski definition) is 0. The Kier molecular flexibility index (Phi) is 5.97. The van der Waals surface area contributed by atoms with Gasteiger partial charge in [-0.3, -0.25) is 4.79 Å². The van der Waals surface area contributed by atoms with E-state index >= 15 is 0 Å². The molecule has 0 aliphatic carbocycles. The third-order valence-electron chi connectivity index (χ3n) is 4.07. The van der Waals surface area contributed by atoms with Crippen molar-refractivity contribution in [1.82, 2.24) is 4.90 Å². The highest BCUT2D eigenvalue weighted by molar-refractivity contribution is 5.94. The number of cyclic esters (lactones) is 1. The zero-order valence-corrected chi connectivity index (χ0v) is 13.9. The maximum Gasteiger partial charge on any atom is 0.416 e. The number of hydrogen-bond acceptors (Lipinski definition) is 3. The van der Waals surface area contributed by atoms with Crippen LogP contribution in [0.5, 0.6) is 0 Å². The van der Waals surface area contributed by atoms with E-state index in [-0.39, 0.29) is 24.5 Å². The van der Waals surface area contributed by atoms with Crippen molar-refractivity contribution < 1.29 is 14.3 Å². The fourth-order valence-electron chi connectivity index (χ4n) is 3.03. The van der Waals surface area contributed by atoms with Crippen molar-refractivity contribution in [3.05, 3.63) is 48.6 Å². The number of imide groups is 1. The molecule has 0 radical (unpaired) electrons. The molecule has 0 N–H and O–H groups in total. The minimum atomic E-state index is -0.520. The van der Waals surface area contributed by atoms with Crippen LogP contribution in [0, 0.1) is 11.8 Å². The first-order valence-corrected chi connectivity index (χ1v) is 8.17. The lowest BCUT2D eigenvalue weighted by Gasteiger charge is -2.25. The third-order valence-corrected chi connectivity index (χ3v) is 4.07. The molecule has 1 aromatic carbocycles. The summed E-state index contributed by atoms with van der Waals surface area (Å²) in [4.78, 5) is 26.3. The predicted molar refractivity (Wildman–Crippen MR) is 89.9 cm³/mol. The van der Waals surface area contributed by atoms with Gasteiger partial charge in [0.15, 0.2) is 0 Å². The van der Waals surface area contributed by atoms with Crippen LogP contribution in [0.25, 0.3) is 0 Å². The van der Waals surface area contributed by atoms with Gasteiger partial charge in [-0.05, 0) is 30.7 Å². The maximum absolute atomic E-state index is 12.9. The number of allylic oxidation sites excluding steroid dienone is 1. The Morgan fingerprint density at radius 3 is 2.70 bits per heavy atom. The van der Waals surface area contributed by atoms with Crippen LogP contribution in [0.3, 0.4) is 0 Å². The monoisotopic (exact) mass is 315 g/mol. The number of nitrogens with zero attached hydrogens (tertiary/aromatic N) is 1. The lowest BCUT2D eigenvalue weighted by atomic mass is 9.92. The smallest absolute Gasteiger partial charge is 0.416 e. The largest absolute Gasteiger partial charge is 0.447 e. The summed E-state index contributed by atoms with van der Waals surface area (Å²) >= 11 is 0. The van der Waals surface area contributed by atoms with Gasteiger partial charge in [-0.2, -0.15) is 0 Å². The second-order valence-corrected chi connectivity index (χ2v) is 6.48. The Labute approximate surface area is 138 Å². The van der Waals surface area contributed by atoms with Crippen LogP contribution in [0.15, 0.2) is 43.0 Å². The summed E-state index contributed by atoms with van der Waals surface area (Å²) < 4.78 is 5.15. The van der Waals surface area contributed by atoms with Crippen molar-refractivity contribution in [3.8, 4) is 0 Å². The quantitative estimate of drug-likeness (QED) is 0.719. The number of carbonyl (C=O) groups excluding carboxylic acids is 2. The van der Waals surface area contributed by atoms with Gasteiger partial charge in [0, 0.05) is 5.92 Å². The van der Waals surface area contributed by atoms with E-state index in [4.69, 9.17) is 4.74 Å². The second-order valence-electron chi connectivity index (χ2n) is 6.48. The molecule has 1 heterocycles. The molecule has 23 heavy (non-hydrogen) atoms. The number of benzene rings is 1. The van der Waals surface area contributed by atoms with Gasteiger partial charge in [-0.25, -0.2) is 9.69 Å². The second kappa shape index (κ2) is 7.95. The molecule has 1 aliphatic heterocycles. The van der Waals surface area contributed by atoms with Crippen LogP contribution in [0.1, 0.15) is 32.3 Å². The van der Waals surface area contributed by atoms with Gasteiger partial charge < -0.3 is 4.74 Å². The topological polar surface area (TPSA) is 46.6 Å². The normalized spacial score (nSPS) is 18.8. The molecule has 4 heteroatoms. The highest BCUT2D eigenvalue weighted by atomic mass is 16.6. The third kappa shape index (κ3) is 4.44. The molecule has 0 spiro atoms. The standard InChI is InChI=1S/C19H25NO3/c1-4-8-16(11-14(2)3)18(21)20-17(13-23-19(20)22)12-15-9-6-5-7-10-15/h4-7,9-10,14,16-17H,1,8,11-13H2,2-3H3/t16-,17-/m0/s1. The van der Waals surface area contributed by atoms with Crippen LogP contribution >= 0.6 is 0 Å². The summed E-state index contributed by atoms with van der Waals surface area (Å²) in [5.41, 5.74) is 1.10. The average Bonchev–Trinajstić information content (AvgIpc) is 2.87. The fourth-order valence-corrected chi connectivity index (χ4v) is 3.03. The van der Waals surface area contributed by atoms with Gasteiger partial charge in [-0.15, -0.1) is 6.58 Å². The van der Waals surface area contributed by atoms with E-state index in [1.807, 2.05) is 30.3 Å². The summed E-state index contributed by atoms with van der Waals surface area (Å²) in [5, 5.41) is 0. The summed E-state index contributed by atoms with van der Waals surface area (Å²) in [6.45, 7) is 8.15. The van der Waals surface area contributed by atoms with E-state index in [2.05, 4.69) is 20.4 Å². The Morgan fingerprint density at radius 1 is 1.39 bits per heavy atom. The SMILES string of the molecule is C=CC[C@@H](CC(C)C)C(=O)N1C(=O)OC[C@@H]1Cc1ccccc1. The molecule has 4 nitrogen and oxygen atoms in total. The first-order chi connectivity index (χ1) is 11.0. The van der Waals surface area contributed by atoms with E-state index in [0.29, 0.717) is 18.8 Å². The van der Waals surface area contributed by atoms with Crippen molar-refractivity contribution in [2.75, 3.05) is 6.61 Å². The molecule has 1 aliphatic rings. The zero-order valence-electron chi connectivity index (χ0n) is 13.9. The van der Waals surface area contributed by atoms with Crippen molar-refractivity contribution in [2.45, 2.75) is 39.2 Å². The predicted octanol–water partition coefficient (Wildman–Crippen LogP) is 3.81. The Balaban J connectivity index is 2.14. The van der Waals surface area contributed by atoms with Crippen LogP contribution in [-0.2, 0) is 16.0 Å². The Hall–Kier alpha value is -2.10. The van der Waals surface area contributed by atoms with E-state index in [9.17, 15) is 9.59 Å². The summed E-state index contributed by atoms with van der Waals surface area (Å²) in [7, 11) is 0. The molecule has 0 unspecified atom stereocenters. The van der Waals surface area contributed by atoms with E-state index in [1.54, 1.807) is 6.08 Å². The van der Waals surface area contributed by atoms with E-state index in [1.165, 1.54) is 4.90 Å². The minimum absolute atomic E-state index is 0.137. The molecule has 0 aromatic heterocycles. The maximum atomic E-state index is 12.9. The summed E-state index contributed by atoms with van der Waals surface area (Å²) in [5.74, 6) is 0.0357. The van der Waals surface area contributed by atoms with Gasteiger partial charge in [-0.1, -0.05) is 50.3 Å². The molecular formula is C19H25NO3. The average molecular weight is 315 g/mol. The summed E-state index contributed by atoms with van der Waals surface area (Å²) in [6, 6.07) is 9.64. The molecular weight excluding hydrogens is 290 g/mol. The van der Waals surface area contributed by atoms with Gasteiger partial charge in [0.1, 0.15) is 6.61 Å². The van der Waals surface area contributed by atoms with Gasteiger partial charge in [0.25, 0.3) is 0 Å². The van der Waals surface area contributed by atoms with E-state index < -0.39 is 6.09 Å². The van der Waals surface area contributed by atoms with Crippen LogP contribution in [0.2, 0.25) is 0 Å². The summed E-state index contributed by atoms with van der Waals surface area (Å²) in [6.07, 6.45) is 3.18. The van der Waals surface area contributed by atoms with E-state index in [0.717, 1.165) is 12.0 Å². The zero-order chi connectivity index (χ0) is 16.8. The van der Waals surface area contributed by atoms with Crippen molar-refractivity contribution in [1.29, 1.82) is 0 Å². The Morgan fingerprint density at radius 2 is 2.09 bits per heavy atom. The minimum Gasteiger partial charge on any atom is -0.447 e.